The molecular formula is C33H26FN3O3S. The SMILES string of the molecule is Cc1ccc(C(=O)N(Cc2ccc(F)cc2)C2CC(=O)N(c3ccc(-c4nc5ccc(C)cc5s4)cc3)C2=O)cc1. The maximum absolute atomic E-state index is 13.7. The van der Waals surface area contributed by atoms with Crippen molar-refractivity contribution in [3.8, 4) is 10.6 Å². The minimum atomic E-state index is -0.992. The molecule has 0 saturated carbocycles. The summed E-state index contributed by atoms with van der Waals surface area (Å²) in [6.07, 6.45) is -0.142. The van der Waals surface area contributed by atoms with Crippen molar-refractivity contribution in [1.29, 1.82) is 0 Å². The van der Waals surface area contributed by atoms with Crippen LogP contribution < -0.4 is 4.90 Å². The maximum Gasteiger partial charge on any atom is 0.257 e. The van der Waals surface area contributed by atoms with Gasteiger partial charge in [0.05, 0.1) is 22.3 Å². The normalized spacial score (nSPS) is 15.1. The molecule has 1 fully saturated rings. The number of aryl methyl sites for hydroxylation is 2. The molecule has 5 aromatic rings. The first-order chi connectivity index (χ1) is 19.8. The van der Waals surface area contributed by atoms with E-state index in [0.29, 0.717) is 16.8 Å². The van der Waals surface area contributed by atoms with E-state index in [1.807, 2.05) is 50.2 Å². The fraction of sp³-hybridized carbons (Fsp3) is 0.152. The lowest BCUT2D eigenvalue weighted by Crippen LogP contribution is -2.45. The summed E-state index contributed by atoms with van der Waals surface area (Å²) in [6.45, 7) is 4.02. The van der Waals surface area contributed by atoms with E-state index in [1.54, 1.807) is 47.7 Å². The molecule has 2 heterocycles. The van der Waals surface area contributed by atoms with Gasteiger partial charge in [0, 0.05) is 17.7 Å². The van der Waals surface area contributed by atoms with E-state index in [2.05, 4.69) is 6.07 Å². The minimum Gasteiger partial charge on any atom is -0.322 e. The van der Waals surface area contributed by atoms with Crippen LogP contribution in [0.2, 0.25) is 0 Å². The third-order valence-electron chi connectivity index (χ3n) is 7.24. The zero-order valence-electron chi connectivity index (χ0n) is 22.5. The van der Waals surface area contributed by atoms with Gasteiger partial charge in [0.25, 0.3) is 11.8 Å². The van der Waals surface area contributed by atoms with Crippen LogP contribution in [-0.4, -0.2) is 33.6 Å². The molecule has 1 aromatic heterocycles. The topological polar surface area (TPSA) is 70.6 Å². The quantitative estimate of drug-likeness (QED) is 0.216. The van der Waals surface area contributed by atoms with Gasteiger partial charge in [0.1, 0.15) is 16.9 Å². The minimum absolute atomic E-state index is 0.0561. The van der Waals surface area contributed by atoms with E-state index in [-0.39, 0.29) is 24.8 Å². The van der Waals surface area contributed by atoms with Gasteiger partial charge in [0.2, 0.25) is 5.91 Å². The van der Waals surface area contributed by atoms with Crippen molar-refractivity contribution >= 4 is 45.0 Å². The second-order valence-corrected chi connectivity index (χ2v) is 11.3. The highest BCUT2D eigenvalue weighted by atomic mass is 32.1. The number of amides is 3. The molecule has 6 rings (SSSR count). The fourth-order valence-electron chi connectivity index (χ4n) is 5.01. The zero-order chi connectivity index (χ0) is 28.7. The Hall–Kier alpha value is -4.69. The van der Waals surface area contributed by atoms with Crippen LogP contribution in [0.3, 0.4) is 0 Å². The lowest BCUT2D eigenvalue weighted by atomic mass is 10.1. The maximum atomic E-state index is 13.7. The van der Waals surface area contributed by atoms with Crippen molar-refractivity contribution in [3.63, 3.8) is 0 Å². The summed E-state index contributed by atoms with van der Waals surface area (Å²) in [7, 11) is 0. The Bertz CT molecular complexity index is 1780. The summed E-state index contributed by atoms with van der Waals surface area (Å²) in [6, 6.07) is 25.1. The molecule has 8 heteroatoms. The second-order valence-electron chi connectivity index (χ2n) is 10.2. The number of hydrogen-bond acceptors (Lipinski definition) is 5. The smallest absolute Gasteiger partial charge is 0.257 e. The number of rotatable bonds is 6. The van der Waals surface area contributed by atoms with Gasteiger partial charge in [0.15, 0.2) is 0 Å². The predicted octanol–water partition coefficient (Wildman–Crippen LogP) is 6.69. The number of imide groups is 1. The molecule has 0 N–H and O–H groups in total. The van der Waals surface area contributed by atoms with Crippen LogP contribution in [0.25, 0.3) is 20.8 Å². The number of carbonyl (C=O) groups is 3. The molecule has 204 valence electrons. The molecule has 3 amide bonds. The Labute approximate surface area is 240 Å². The molecule has 0 bridgehead atoms. The van der Waals surface area contributed by atoms with Crippen molar-refractivity contribution in [2.75, 3.05) is 4.90 Å². The lowest BCUT2D eigenvalue weighted by molar-refractivity contribution is -0.122. The summed E-state index contributed by atoms with van der Waals surface area (Å²) < 4.78 is 14.6. The Morgan fingerprint density at radius 3 is 2.32 bits per heavy atom. The molecule has 0 radical (unpaired) electrons. The third kappa shape index (κ3) is 5.26. The highest BCUT2D eigenvalue weighted by Gasteiger charge is 2.44. The first-order valence-electron chi connectivity index (χ1n) is 13.2. The summed E-state index contributed by atoms with van der Waals surface area (Å²) in [5.74, 6) is -1.62. The molecule has 4 aromatic carbocycles. The largest absolute Gasteiger partial charge is 0.322 e. The number of anilines is 1. The van der Waals surface area contributed by atoms with Gasteiger partial charge in [-0.15, -0.1) is 11.3 Å². The van der Waals surface area contributed by atoms with E-state index in [4.69, 9.17) is 4.98 Å². The van der Waals surface area contributed by atoms with Crippen LogP contribution in [-0.2, 0) is 16.1 Å². The first kappa shape index (κ1) is 26.5. The van der Waals surface area contributed by atoms with Gasteiger partial charge < -0.3 is 4.90 Å². The second kappa shape index (κ2) is 10.7. The molecule has 1 atom stereocenters. The number of aromatic nitrogens is 1. The number of thiazole rings is 1. The van der Waals surface area contributed by atoms with Crippen molar-refractivity contribution < 1.29 is 18.8 Å². The van der Waals surface area contributed by atoms with E-state index in [1.165, 1.54) is 17.0 Å². The van der Waals surface area contributed by atoms with Crippen molar-refractivity contribution in [3.05, 3.63) is 119 Å². The van der Waals surface area contributed by atoms with Gasteiger partial charge in [-0.05, 0) is 85.6 Å². The van der Waals surface area contributed by atoms with E-state index < -0.39 is 17.8 Å². The van der Waals surface area contributed by atoms with Gasteiger partial charge in [-0.3, -0.25) is 14.4 Å². The Balaban J connectivity index is 1.28. The van der Waals surface area contributed by atoms with Crippen molar-refractivity contribution in [2.24, 2.45) is 0 Å². The highest BCUT2D eigenvalue weighted by molar-refractivity contribution is 7.21. The van der Waals surface area contributed by atoms with Crippen molar-refractivity contribution in [1.82, 2.24) is 9.88 Å². The van der Waals surface area contributed by atoms with Gasteiger partial charge in [-0.1, -0.05) is 35.9 Å². The number of halogens is 1. The van der Waals surface area contributed by atoms with E-state index in [9.17, 15) is 18.8 Å². The average Bonchev–Trinajstić information content (AvgIpc) is 3.52. The average molecular weight is 564 g/mol. The van der Waals surface area contributed by atoms with E-state index >= 15 is 0 Å². The highest BCUT2D eigenvalue weighted by Crippen LogP contribution is 2.33. The summed E-state index contributed by atoms with van der Waals surface area (Å²) in [4.78, 5) is 47.9. The predicted molar refractivity (Wildman–Crippen MR) is 158 cm³/mol. The summed E-state index contributed by atoms with van der Waals surface area (Å²) in [5.41, 5.74) is 5.47. The van der Waals surface area contributed by atoms with Crippen LogP contribution in [0, 0.1) is 19.7 Å². The Morgan fingerprint density at radius 2 is 1.61 bits per heavy atom. The van der Waals surface area contributed by atoms with Crippen LogP contribution in [0.15, 0.2) is 91.0 Å². The monoisotopic (exact) mass is 563 g/mol. The molecule has 0 aliphatic carbocycles. The van der Waals surface area contributed by atoms with Crippen molar-refractivity contribution in [2.45, 2.75) is 32.9 Å². The molecule has 1 saturated heterocycles. The Morgan fingerprint density at radius 1 is 0.927 bits per heavy atom. The van der Waals surface area contributed by atoms with Crippen LogP contribution >= 0.6 is 11.3 Å². The first-order valence-corrected chi connectivity index (χ1v) is 14.0. The number of carbonyl (C=O) groups excluding carboxylic acids is 3. The number of fused-ring (bicyclic) bond motifs is 1. The summed E-state index contributed by atoms with van der Waals surface area (Å²) >= 11 is 1.59. The fourth-order valence-corrected chi connectivity index (χ4v) is 6.08. The van der Waals surface area contributed by atoms with Crippen LogP contribution in [0.4, 0.5) is 10.1 Å². The standard InChI is InChI=1S/C33H26FN3O3S/c1-20-3-8-24(9-4-20)32(39)36(19-22-6-12-25(34)13-7-22)28-18-30(38)37(33(28)40)26-14-10-23(11-15-26)31-35-27-16-5-21(2)17-29(27)41-31/h3-17,28H,18-19H2,1-2H3. The number of hydrogen-bond donors (Lipinski definition) is 0. The Kier molecular flexibility index (Phi) is 6.93. The van der Waals surface area contributed by atoms with Gasteiger partial charge in [-0.25, -0.2) is 14.3 Å². The van der Waals surface area contributed by atoms with E-state index in [0.717, 1.165) is 36.8 Å². The molecule has 41 heavy (non-hydrogen) atoms. The molecular weight excluding hydrogens is 537 g/mol. The van der Waals surface area contributed by atoms with Gasteiger partial charge in [-0.2, -0.15) is 0 Å². The van der Waals surface area contributed by atoms with Gasteiger partial charge >= 0.3 is 0 Å². The molecule has 6 nitrogen and oxygen atoms in total. The number of nitrogens with zero attached hydrogens (tertiary/aromatic N) is 3. The van der Waals surface area contributed by atoms with Crippen LogP contribution in [0.1, 0.15) is 33.5 Å². The zero-order valence-corrected chi connectivity index (χ0v) is 23.3. The molecule has 1 unspecified atom stereocenters. The molecule has 1 aliphatic rings. The number of benzene rings is 4. The lowest BCUT2D eigenvalue weighted by Gasteiger charge is -2.28. The summed E-state index contributed by atoms with van der Waals surface area (Å²) in [5, 5.41) is 0.850. The molecule has 1 aliphatic heterocycles. The molecule has 0 spiro atoms. The third-order valence-corrected chi connectivity index (χ3v) is 8.31. The van der Waals surface area contributed by atoms with Crippen LogP contribution in [0.5, 0.6) is 0 Å².